The maximum Gasteiger partial charge on any atom is 0.263 e. The Morgan fingerprint density at radius 2 is 2.24 bits per heavy atom. The molecule has 4 nitrogen and oxygen atoms in total. The lowest BCUT2D eigenvalue weighted by Gasteiger charge is -2.26. The molecule has 2 rings (SSSR count). The summed E-state index contributed by atoms with van der Waals surface area (Å²) in [7, 11) is 0. The van der Waals surface area contributed by atoms with Crippen LogP contribution in [0.2, 0.25) is 0 Å². The summed E-state index contributed by atoms with van der Waals surface area (Å²) in [6.45, 7) is 5.92. The Bertz CT molecular complexity index is 372. The molecular weight excluding hydrogens is 234 g/mol. The molecule has 0 aromatic carbocycles. The van der Waals surface area contributed by atoms with Crippen molar-refractivity contribution >= 4 is 17.2 Å². The molecule has 1 N–H and O–H groups in total. The van der Waals surface area contributed by atoms with E-state index in [1.54, 1.807) is 5.51 Å². The fraction of sp³-hybridized carbons (Fsp3) is 0.667. The van der Waals surface area contributed by atoms with Gasteiger partial charge in [-0.15, -0.1) is 11.3 Å². The molecule has 1 aliphatic rings. The molecule has 0 spiro atoms. The molecule has 0 aliphatic carbocycles. The van der Waals surface area contributed by atoms with Crippen LogP contribution in [-0.2, 0) is 0 Å². The quantitative estimate of drug-likeness (QED) is 0.887. The number of rotatable bonds is 4. The molecule has 1 aromatic rings. The average molecular weight is 253 g/mol. The normalized spacial score (nSPS) is 17.0. The van der Waals surface area contributed by atoms with Gasteiger partial charge in [0.2, 0.25) is 0 Å². The van der Waals surface area contributed by atoms with Crippen molar-refractivity contribution in [2.45, 2.75) is 26.2 Å². The van der Waals surface area contributed by atoms with Crippen molar-refractivity contribution in [1.82, 2.24) is 15.2 Å². The van der Waals surface area contributed by atoms with E-state index in [2.05, 4.69) is 15.2 Å². The minimum absolute atomic E-state index is 0.0157. The first-order valence-corrected chi connectivity index (χ1v) is 7.06. The molecular formula is C12H19N3OS. The van der Waals surface area contributed by atoms with Crippen LogP contribution >= 0.6 is 11.3 Å². The van der Waals surface area contributed by atoms with Crippen LogP contribution in [0.3, 0.4) is 0 Å². The first-order valence-electron chi connectivity index (χ1n) is 6.18. The van der Waals surface area contributed by atoms with Crippen LogP contribution in [0, 0.1) is 6.92 Å². The molecule has 5 heteroatoms. The number of carbonyl (C=O) groups is 1. The van der Waals surface area contributed by atoms with Gasteiger partial charge in [0.1, 0.15) is 4.88 Å². The molecule has 94 valence electrons. The van der Waals surface area contributed by atoms with Gasteiger partial charge >= 0.3 is 0 Å². The summed E-state index contributed by atoms with van der Waals surface area (Å²) in [5.41, 5.74) is 2.54. The number of thiazole rings is 1. The lowest BCUT2D eigenvalue weighted by atomic mass is 10.1. The van der Waals surface area contributed by atoms with Crippen molar-refractivity contribution < 1.29 is 4.79 Å². The number of nitrogens with one attached hydrogen (secondary N) is 1. The molecule has 17 heavy (non-hydrogen) atoms. The van der Waals surface area contributed by atoms with E-state index in [4.69, 9.17) is 0 Å². The van der Waals surface area contributed by atoms with E-state index in [-0.39, 0.29) is 5.91 Å². The Hall–Kier alpha value is -0.940. The zero-order valence-electron chi connectivity index (χ0n) is 10.2. The predicted octanol–water partition coefficient (Wildman–Crippen LogP) is 1.67. The van der Waals surface area contributed by atoms with Crippen LogP contribution in [0.1, 0.15) is 34.6 Å². The fourth-order valence-electron chi connectivity index (χ4n) is 2.11. The van der Waals surface area contributed by atoms with Gasteiger partial charge < -0.3 is 10.2 Å². The standard InChI is InChI=1S/C12H19N3OS/c1-10-11(17-9-14-10)12(16)13-5-8-15-6-3-2-4-7-15/h9H,2-8H2,1H3,(H,13,16). The van der Waals surface area contributed by atoms with Crippen LogP contribution in [0.5, 0.6) is 0 Å². The second-order valence-electron chi connectivity index (χ2n) is 4.43. The Kier molecular flexibility index (Phi) is 4.50. The summed E-state index contributed by atoms with van der Waals surface area (Å²) < 4.78 is 0. The summed E-state index contributed by atoms with van der Waals surface area (Å²) in [5.74, 6) is 0.0157. The molecule has 0 saturated carbocycles. The Balaban J connectivity index is 1.71. The zero-order chi connectivity index (χ0) is 12.1. The van der Waals surface area contributed by atoms with E-state index in [1.807, 2.05) is 6.92 Å². The molecule has 0 atom stereocenters. The summed E-state index contributed by atoms with van der Waals surface area (Å²) in [5, 5.41) is 2.96. The minimum Gasteiger partial charge on any atom is -0.350 e. The lowest BCUT2D eigenvalue weighted by Crippen LogP contribution is -2.37. The highest BCUT2D eigenvalue weighted by Gasteiger charge is 2.13. The fourth-order valence-corrected chi connectivity index (χ4v) is 2.83. The number of likely N-dealkylation sites (tertiary alicyclic amines) is 1. The summed E-state index contributed by atoms with van der Waals surface area (Å²) in [6, 6.07) is 0. The molecule has 0 radical (unpaired) electrons. The topological polar surface area (TPSA) is 45.2 Å². The van der Waals surface area contributed by atoms with E-state index in [1.165, 1.54) is 43.7 Å². The third-order valence-electron chi connectivity index (χ3n) is 3.11. The summed E-state index contributed by atoms with van der Waals surface area (Å²) >= 11 is 1.41. The van der Waals surface area contributed by atoms with Crippen molar-refractivity contribution in [3.63, 3.8) is 0 Å². The van der Waals surface area contributed by atoms with Gasteiger partial charge in [-0.25, -0.2) is 4.98 Å². The number of amides is 1. The predicted molar refractivity (Wildman–Crippen MR) is 69.5 cm³/mol. The molecule has 1 amide bonds. The lowest BCUT2D eigenvalue weighted by molar-refractivity contribution is 0.0950. The molecule has 1 aliphatic heterocycles. The van der Waals surface area contributed by atoms with Crippen LogP contribution in [0.4, 0.5) is 0 Å². The summed E-state index contributed by atoms with van der Waals surface area (Å²) in [6.07, 6.45) is 3.94. The van der Waals surface area contributed by atoms with Crippen molar-refractivity contribution in [2.24, 2.45) is 0 Å². The summed E-state index contributed by atoms with van der Waals surface area (Å²) in [4.78, 5) is 19.1. The molecule has 1 fully saturated rings. The first-order chi connectivity index (χ1) is 8.27. The number of carbonyl (C=O) groups excluding carboxylic acids is 1. The number of piperidine rings is 1. The highest BCUT2D eigenvalue weighted by Crippen LogP contribution is 2.11. The monoisotopic (exact) mass is 253 g/mol. The van der Waals surface area contributed by atoms with E-state index in [0.29, 0.717) is 0 Å². The van der Waals surface area contributed by atoms with E-state index in [0.717, 1.165) is 23.7 Å². The van der Waals surface area contributed by atoms with Crippen LogP contribution in [0.15, 0.2) is 5.51 Å². The van der Waals surface area contributed by atoms with Crippen LogP contribution in [0.25, 0.3) is 0 Å². The third-order valence-corrected chi connectivity index (χ3v) is 4.04. The van der Waals surface area contributed by atoms with Gasteiger partial charge in [0, 0.05) is 13.1 Å². The van der Waals surface area contributed by atoms with Crippen LogP contribution in [-0.4, -0.2) is 42.0 Å². The van der Waals surface area contributed by atoms with Gasteiger partial charge in [-0.2, -0.15) is 0 Å². The van der Waals surface area contributed by atoms with E-state index < -0.39 is 0 Å². The molecule has 1 saturated heterocycles. The largest absolute Gasteiger partial charge is 0.350 e. The van der Waals surface area contributed by atoms with E-state index in [9.17, 15) is 4.79 Å². The van der Waals surface area contributed by atoms with Crippen molar-refractivity contribution in [3.8, 4) is 0 Å². The van der Waals surface area contributed by atoms with Crippen molar-refractivity contribution in [3.05, 3.63) is 16.1 Å². The second-order valence-corrected chi connectivity index (χ2v) is 5.28. The highest BCUT2D eigenvalue weighted by molar-refractivity contribution is 7.11. The van der Waals surface area contributed by atoms with Crippen molar-refractivity contribution in [1.29, 1.82) is 0 Å². The Morgan fingerprint density at radius 3 is 2.88 bits per heavy atom. The van der Waals surface area contributed by atoms with Gasteiger partial charge in [0.05, 0.1) is 11.2 Å². The molecule has 0 bridgehead atoms. The number of aryl methyl sites for hydroxylation is 1. The number of hydrogen-bond donors (Lipinski definition) is 1. The smallest absolute Gasteiger partial charge is 0.263 e. The zero-order valence-corrected chi connectivity index (χ0v) is 11.1. The Labute approximate surface area is 106 Å². The van der Waals surface area contributed by atoms with Gasteiger partial charge in [-0.1, -0.05) is 6.42 Å². The van der Waals surface area contributed by atoms with Gasteiger partial charge in [0.25, 0.3) is 5.91 Å². The van der Waals surface area contributed by atoms with Crippen LogP contribution < -0.4 is 5.32 Å². The van der Waals surface area contributed by atoms with Crippen molar-refractivity contribution in [2.75, 3.05) is 26.2 Å². The number of hydrogen-bond acceptors (Lipinski definition) is 4. The number of aromatic nitrogens is 1. The van der Waals surface area contributed by atoms with Gasteiger partial charge in [-0.05, 0) is 32.9 Å². The third kappa shape index (κ3) is 3.51. The second kappa shape index (κ2) is 6.12. The molecule has 0 unspecified atom stereocenters. The highest BCUT2D eigenvalue weighted by atomic mass is 32.1. The number of nitrogens with zero attached hydrogens (tertiary/aromatic N) is 2. The molecule has 1 aromatic heterocycles. The minimum atomic E-state index is 0.0157. The van der Waals surface area contributed by atoms with Gasteiger partial charge in [-0.3, -0.25) is 4.79 Å². The average Bonchev–Trinajstić information content (AvgIpc) is 2.77. The van der Waals surface area contributed by atoms with Gasteiger partial charge in [0.15, 0.2) is 0 Å². The molecule has 2 heterocycles. The Morgan fingerprint density at radius 1 is 1.47 bits per heavy atom. The SMILES string of the molecule is Cc1ncsc1C(=O)NCCN1CCCCC1. The maximum atomic E-state index is 11.8. The van der Waals surface area contributed by atoms with E-state index >= 15 is 0 Å². The first kappa shape index (κ1) is 12.5. The maximum absolute atomic E-state index is 11.8.